The molecule has 0 spiro atoms. The quantitative estimate of drug-likeness (QED) is 0.181. The topological polar surface area (TPSA) is 129 Å². The van der Waals surface area contributed by atoms with Gasteiger partial charge in [0.15, 0.2) is 0 Å². The molecular formula is C25H31N5O4. The van der Waals surface area contributed by atoms with Crippen LogP contribution in [0, 0.1) is 5.41 Å². The van der Waals surface area contributed by atoms with Crippen LogP contribution in [0.3, 0.4) is 0 Å². The number of amides is 1. The van der Waals surface area contributed by atoms with Gasteiger partial charge in [0.1, 0.15) is 11.7 Å². The van der Waals surface area contributed by atoms with Crippen molar-refractivity contribution in [3.63, 3.8) is 0 Å². The number of anilines is 1. The number of benzene rings is 2. The molecule has 0 aliphatic rings. The molecule has 3 rings (SSSR count). The molecule has 0 fully saturated rings. The van der Waals surface area contributed by atoms with Crippen LogP contribution in [0.15, 0.2) is 42.5 Å². The van der Waals surface area contributed by atoms with E-state index in [0.717, 1.165) is 36.3 Å². The molecular weight excluding hydrogens is 434 g/mol. The Hall–Kier alpha value is -3.88. The maximum absolute atomic E-state index is 11.9. The summed E-state index contributed by atoms with van der Waals surface area (Å²) in [6, 6.07) is 12.0. The number of nitrogens with zero attached hydrogens (tertiary/aromatic N) is 2. The smallest absolute Gasteiger partial charge is 0.412 e. The highest BCUT2D eigenvalue weighted by molar-refractivity contribution is 6.04. The molecule has 34 heavy (non-hydrogen) atoms. The Labute approximate surface area is 198 Å². The largest absolute Gasteiger partial charge is 0.478 e. The molecule has 9 heteroatoms. The number of imidazole rings is 1. The van der Waals surface area contributed by atoms with Gasteiger partial charge in [0.25, 0.3) is 0 Å². The zero-order valence-electron chi connectivity index (χ0n) is 19.6. The summed E-state index contributed by atoms with van der Waals surface area (Å²) in [5, 5.41) is 23.0. The van der Waals surface area contributed by atoms with Crippen molar-refractivity contribution in [2.24, 2.45) is 7.05 Å². The lowest BCUT2D eigenvalue weighted by atomic mass is 10.2. The Morgan fingerprint density at radius 2 is 1.76 bits per heavy atom. The molecule has 3 aromatic rings. The number of aromatic nitrogens is 2. The van der Waals surface area contributed by atoms with Gasteiger partial charge < -0.3 is 19.7 Å². The van der Waals surface area contributed by atoms with Crippen LogP contribution in [0.1, 0.15) is 60.8 Å². The Bertz CT molecular complexity index is 1150. The number of nitrogens with one attached hydrogen (secondary N) is 3. The predicted molar refractivity (Wildman–Crippen MR) is 132 cm³/mol. The van der Waals surface area contributed by atoms with Crippen molar-refractivity contribution in [1.29, 1.82) is 5.41 Å². The minimum atomic E-state index is -0.983. The van der Waals surface area contributed by atoms with Crippen LogP contribution in [0.4, 0.5) is 10.5 Å². The molecule has 0 bridgehead atoms. The van der Waals surface area contributed by atoms with Crippen molar-refractivity contribution < 1.29 is 19.4 Å². The first kappa shape index (κ1) is 24.8. The Balaban J connectivity index is 1.50. The molecule has 0 radical (unpaired) electrons. The number of carboxylic acids is 1. The van der Waals surface area contributed by atoms with Crippen molar-refractivity contribution in [2.45, 2.75) is 45.6 Å². The van der Waals surface area contributed by atoms with Crippen molar-refractivity contribution in [1.82, 2.24) is 14.9 Å². The number of fused-ring (bicyclic) bond motifs is 1. The first-order chi connectivity index (χ1) is 16.4. The highest BCUT2D eigenvalue weighted by Gasteiger charge is 2.11. The molecule has 180 valence electrons. The van der Waals surface area contributed by atoms with Gasteiger partial charge in [0.05, 0.1) is 29.7 Å². The lowest BCUT2D eigenvalue weighted by molar-refractivity contribution is 0.0697. The molecule has 1 amide bonds. The molecule has 0 saturated heterocycles. The van der Waals surface area contributed by atoms with Crippen LogP contribution in [0.25, 0.3) is 11.0 Å². The van der Waals surface area contributed by atoms with E-state index < -0.39 is 12.1 Å². The summed E-state index contributed by atoms with van der Waals surface area (Å²) < 4.78 is 7.05. The first-order valence-corrected chi connectivity index (χ1v) is 11.4. The average Bonchev–Trinajstić information content (AvgIpc) is 3.15. The van der Waals surface area contributed by atoms with Crippen LogP contribution in [0.2, 0.25) is 0 Å². The summed E-state index contributed by atoms with van der Waals surface area (Å²) in [6.07, 6.45) is 4.74. The average molecular weight is 466 g/mol. The molecule has 0 unspecified atom stereocenters. The number of rotatable bonds is 11. The predicted octanol–water partition coefficient (Wildman–Crippen LogP) is 4.91. The zero-order chi connectivity index (χ0) is 24.5. The molecule has 4 N–H and O–H groups in total. The molecule has 9 nitrogen and oxygen atoms in total. The Kier molecular flexibility index (Phi) is 8.61. The summed E-state index contributed by atoms with van der Waals surface area (Å²) in [7, 11) is 1.88. The SMILES string of the molecule is CCCCCCCOC(=O)NC(=N)c1ccc(NCc2nc3cc(C(=O)O)ccc3n2C)cc1. The highest BCUT2D eigenvalue weighted by Crippen LogP contribution is 2.18. The summed E-state index contributed by atoms with van der Waals surface area (Å²) in [5.41, 5.74) is 3.07. The number of carboxylic acid groups (broad SMARTS) is 1. The molecule has 1 heterocycles. The summed E-state index contributed by atoms with van der Waals surface area (Å²) in [5.74, 6) is -0.247. The summed E-state index contributed by atoms with van der Waals surface area (Å²) >= 11 is 0. The minimum absolute atomic E-state index is 0.0212. The number of carbonyl (C=O) groups excluding carboxylic acids is 1. The van der Waals surface area contributed by atoms with E-state index in [1.54, 1.807) is 30.3 Å². The zero-order valence-corrected chi connectivity index (χ0v) is 19.6. The van der Waals surface area contributed by atoms with Crippen LogP contribution in [0.5, 0.6) is 0 Å². The first-order valence-electron chi connectivity index (χ1n) is 11.4. The standard InChI is InChI=1S/C25H31N5O4/c1-3-4-5-6-7-14-34-25(33)29-23(26)17-8-11-19(12-9-17)27-16-22-28-20-15-18(24(31)32)10-13-21(20)30(22)2/h8-13,15,27H,3-7,14,16H2,1-2H3,(H,31,32)(H2,26,29,33). The lowest BCUT2D eigenvalue weighted by Crippen LogP contribution is -2.31. The van der Waals surface area contributed by atoms with Gasteiger partial charge in [-0.2, -0.15) is 0 Å². The summed E-state index contributed by atoms with van der Waals surface area (Å²) in [4.78, 5) is 27.6. The van der Waals surface area contributed by atoms with Crippen molar-refractivity contribution in [2.75, 3.05) is 11.9 Å². The molecule has 0 aliphatic carbocycles. The fourth-order valence-electron chi connectivity index (χ4n) is 3.56. The van der Waals surface area contributed by atoms with E-state index in [1.807, 2.05) is 23.7 Å². The minimum Gasteiger partial charge on any atom is -0.478 e. The van der Waals surface area contributed by atoms with Crippen molar-refractivity contribution in [3.05, 3.63) is 59.4 Å². The number of hydrogen-bond acceptors (Lipinski definition) is 6. The maximum atomic E-state index is 11.9. The second-order valence-electron chi connectivity index (χ2n) is 8.08. The van der Waals surface area contributed by atoms with Crippen molar-refractivity contribution >= 4 is 34.6 Å². The van der Waals surface area contributed by atoms with E-state index in [0.29, 0.717) is 24.2 Å². The third kappa shape index (κ3) is 6.57. The van der Waals surface area contributed by atoms with E-state index in [1.165, 1.54) is 12.8 Å². The molecule has 0 aliphatic heterocycles. The second-order valence-corrected chi connectivity index (χ2v) is 8.08. The number of unbranched alkanes of at least 4 members (excludes halogenated alkanes) is 4. The van der Waals surface area contributed by atoms with Crippen LogP contribution >= 0.6 is 0 Å². The van der Waals surface area contributed by atoms with Gasteiger partial charge >= 0.3 is 12.1 Å². The van der Waals surface area contributed by atoms with Crippen LogP contribution in [-0.4, -0.2) is 39.2 Å². The molecule has 0 atom stereocenters. The fraction of sp³-hybridized carbons (Fsp3) is 0.360. The number of alkyl carbamates (subject to hydrolysis) is 1. The highest BCUT2D eigenvalue weighted by atomic mass is 16.5. The van der Waals surface area contributed by atoms with Gasteiger partial charge in [0, 0.05) is 18.3 Å². The second kappa shape index (κ2) is 11.8. The number of hydrogen-bond donors (Lipinski definition) is 4. The van der Waals surface area contributed by atoms with Gasteiger partial charge in [-0.1, -0.05) is 32.6 Å². The van der Waals surface area contributed by atoms with Crippen LogP contribution in [-0.2, 0) is 18.3 Å². The normalized spacial score (nSPS) is 10.8. The number of aromatic carboxylic acids is 1. The fourth-order valence-corrected chi connectivity index (χ4v) is 3.56. The number of ether oxygens (including phenoxy) is 1. The van der Waals surface area contributed by atoms with Gasteiger partial charge in [-0.05, 0) is 48.9 Å². The Morgan fingerprint density at radius 1 is 1.06 bits per heavy atom. The van der Waals surface area contributed by atoms with E-state index in [9.17, 15) is 9.59 Å². The van der Waals surface area contributed by atoms with E-state index in [-0.39, 0.29) is 11.4 Å². The third-order valence-corrected chi connectivity index (χ3v) is 5.55. The number of amidine groups is 1. The van der Waals surface area contributed by atoms with Crippen LogP contribution < -0.4 is 10.6 Å². The summed E-state index contributed by atoms with van der Waals surface area (Å²) in [6.45, 7) is 2.94. The Morgan fingerprint density at radius 3 is 2.47 bits per heavy atom. The van der Waals surface area contributed by atoms with Gasteiger partial charge in [-0.25, -0.2) is 14.6 Å². The van der Waals surface area contributed by atoms with Gasteiger partial charge in [-0.15, -0.1) is 0 Å². The van der Waals surface area contributed by atoms with E-state index in [2.05, 4.69) is 22.5 Å². The number of aryl methyl sites for hydroxylation is 1. The molecule has 2 aromatic carbocycles. The molecule has 0 saturated carbocycles. The third-order valence-electron chi connectivity index (χ3n) is 5.55. The van der Waals surface area contributed by atoms with E-state index in [4.69, 9.17) is 15.3 Å². The van der Waals surface area contributed by atoms with Gasteiger partial charge in [-0.3, -0.25) is 10.7 Å². The monoisotopic (exact) mass is 465 g/mol. The number of carbonyl (C=O) groups is 2. The van der Waals surface area contributed by atoms with E-state index >= 15 is 0 Å². The molecule has 1 aromatic heterocycles. The van der Waals surface area contributed by atoms with Crippen molar-refractivity contribution in [3.8, 4) is 0 Å². The van der Waals surface area contributed by atoms with Gasteiger partial charge in [0.2, 0.25) is 0 Å². The maximum Gasteiger partial charge on any atom is 0.412 e. The lowest BCUT2D eigenvalue weighted by Gasteiger charge is -2.10.